The Bertz CT molecular complexity index is 1120. The van der Waals surface area contributed by atoms with Gasteiger partial charge in [-0.15, -0.1) is 0 Å². The predicted octanol–water partition coefficient (Wildman–Crippen LogP) is 3.29. The van der Waals surface area contributed by atoms with Crippen LogP contribution in [0.1, 0.15) is 5.76 Å². The number of ether oxygens (including phenoxy) is 1. The van der Waals surface area contributed by atoms with Crippen molar-refractivity contribution in [1.82, 2.24) is 5.43 Å². The van der Waals surface area contributed by atoms with Gasteiger partial charge in [0.25, 0.3) is 11.6 Å². The van der Waals surface area contributed by atoms with E-state index >= 15 is 0 Å². The minimum absolute atomic E-state index is 0.0331. The number of carbonyl (C=O) groups excluding carboxylic acids is 1. The Morgan fingerprint density at radius 1 is 1.07 bits per heavy atom. The first-order valence-electron chi connectivity index (χ1n) is 8.47. The molecule has 0 unspecified atom stereocenters. The van der Waals surface area contributed by atoms with Crippen LogP contribution in [0.3, 0.4) is 0 Å². The van der Waals surface area contributed by atoms with Gasteiger partial charge in [-0.1, -0.05) is 24.3 Å². The van der Waals surface area contributed by atoms with Crippen LogP contribution in [-0.2, 0) is 4.79 Å². The summed E-state index contributed by atoms with van der Waals surface area (Å²) in [5.41, 5.74) is 2.41. The van der Waals surface area contributed by atoms with E-state index in [4.69, 9.17) is 9.15 Å². The molecule has 2 aromatic carbocycles. The number of amides is 1. The van der Waals surface area contributed by atoms with Crippen molar-refractivity contribution in [3.8, 4) is 17.1 Å². The Balaban J connectivity index is 1.56. The molecule has 0 aliphatic heterocycles. The van der Waals surface area contributed by atoms with Crippen molar-refractivity contribution in [3.05, 3.63) is 86.7 Å². The SMILES string of the molecule is O=C(COc1ccccc1[N+](=O)[O-])N/N=C\c1ccc(-c2cccc([N+](=O)[O-])c2)o1. The van der Waals surface area contributed by atoms with E-state index in [0.29, 0.717) is 17.1 Å². The highest BCUT2D eigenvalue weighted by Crippen LogP contribution is 2.26. The molecule has 3 aromatic rings. The van der Waals surface area contributed by atoms with Crippen LogP contribution in [0.5, 0.6) is 5.75 Å². The van der Waals surface area contributed by atoms with E-state index in [-0.39, 0.29) is 17.1 Å². The molecule has 1 aromatic heterocycles. The number of hydrogen-bond donors (Lipinski definition) is 1. The molecule has 0 aliphatic rings. The first kappa shape index (κ1) is 20.2. The van der Waals surface area contributed by atoms with Crippen LogP contribution in [0.25, 0.3) is 11.3 Å². The zero-order valence-corrected chi connectivity index (χ0v) is 15.3. The topological polar surface area (TPSA) is 150 Å². The quantitative estimate of drug-likeness (QED) is 0.340. The van der Waals surface area contributed by atoms with Gasteiger partial charge in [-0.05, 0) is 18.2 Å². The molecular weight excluding hydrogens is 396 g/mol. The minimum atomic E-state index is -0.630. The van der Waals surface area contributed by atoms with Crippen molar-refractivity contribution in [3.63, 3.8) is 0 Å². The van der Waals surface area contributed by atoms with Crippen molar-refractivity contribution in [2.75, 3.05) is 6.61 Å². The molecular formula is C19H14N4O7. The zero-order valence-electron chi connectivity index (χ0n) is 15.3. The molecule has 0 saturated carbocycles. The number of hydrogen-bond acceptors (Lipinski definition) is 8. The number of benzene rings is 2. The number of rotatable bonds is 8. The van der Waals surface area contributed by atoms with Gasteiger partial charge in [0.1, 0.15) is 11.5 Å². The Labute approximate surface area is 168 Å². The summed E-state index contributed by atoms with van der Waals surface area (Å²) in [6.07, 6.45) is 1.24. The largest absolute Gasteiger partial charge is 0.477 e. The molecule has 11 heteroatoms. The van der Waals surface area contributed by atoms with Gasteiger partial charge in [-0.2, -0.15) is 5.10 Å². The minimum Gasteiger partial charge on any atom is -0.477 e. The van der Waals surface area contributed by atoms with E-state index in [0.717, 1.165) is 0 Å². The Morgan fingerprint density at radius 2 is 1.87 bits per heavy atom. The Morgan fingerprint density at radius 3 is 2.63 bits per heavy atom. The average molecular weight is 410 g/mol. The third kappa shape index (κ3) is 5.04. The zero-order chi connectivity index (χ0) is 21.5. The summed E-state index contributed by atoms with van der Waals surface area (Å²) >= 11 is 0. The second-order valence-corrected chi connectivity index (χ2v) is 5.82. The van der Waals surface area contributed by atoms with Gasteiger partial charge < -0.3 is 9.15 Å². The number of furan rings is 1. The molecule has 0 atom stereocenters. The molecule has 0 radical (unpaired) electrons. The summed E-state index contributed by atoms with van der Waals surface area (Å²) in [4.78, 5) is 32.5. The highest BCUT2D eigenvalue weighted by molar-refractivity contribution is 5.81. The van der Waals surface area contributed by atoms with E-state index < -0.39 is 22.4 Å². The summed E-state index contributed by atoms with van der Waals surface area (Å²) in [5.74, 6) is 0.0340. The van der Waals surface area contributed by atoms with Gasteiger partial charge >= 0.3 is 5.69 Å². The average Bonchev–Trinajstić information content (AvgIpc) is 3.21. The van der Waals surface area contributed by atoms with Crippen LogP contribution < -0.4 is 10.2 Å². The van der Waals surface area contributed by atoms with Crippen LogP contribution in [-0.4, -0.2) is 28.6 Å². The first-order chi connectivity index (χ1) is 14.4. The maximum absolute atomic E-state index is 11.8. The lowest BCUT2D eigenvalue weighted by Gasteiger charge is -2.05. The monoisotopic (exact) mass is 410 g/mol. The van der Waals surface area contributed by atoms with Crippen molar-refractivity contribution in [1.29, 1.82) is 0 Å². The molecule has 0 saturated heterocycles. The van der Waals surface area contributed by atoms with Gasteiger partial charge in [-0.25, -0.2) is 5.43 Å². The van der Waals surface area contributed by atoms with Gasteiger partial charge in [0.15, 0.2) is 12.4 Å². The van der Waals surface area contributed by atoms with E-state index in [1.165, 1.54) is 36.5 Å². The van der Waals surface area contributed by atoms with E-state index in [1.54, 1.807) is 30.3 Å². The van der Waals surface area contributed by atoms with Crippen LogP contribution in [0.15, 0.2) is 70.2 Å². The summed E-state index contributed by atoms with van der Waals surface area (Å²) in [6.45, 7) is -0.473. The molecule has 11 nitrogen and oxygen atoms in total. The van der Waals surface area contributed by atoms with Crippen molar-refractivity contribution in [2.45, 2.75) is 0 Å². The molecule has 0 spiro atoms. The van der Waals surface area contributed by atoms with Gasteiger partial charge in [0.2, 0.25) is 0 Å². The Kier molecular flexibility index (Phi) is 6.13. The van der Waals surface area contributed by atoms with Crippen molar-refractivity contribution in [2.24, 2.45) is 5.10 Å². The van der Waals surface area contributed by atoms with E-state index in [1.807, 2.05) is 0 Å². The number of nitro benzene ring substituents is 2. The number of nitrogens with one attached hydrogen (secondary N) is 1. The second kappa shape index (κ2) is 9.10. The standard InChI is InChI=1S/C19H14N4O7/c24-19(12-29-18-7-2-1-6-16(18)23(27)28)21-20-11-15-8-9-17(30-15)13-4-3-5-14(10-13)22(25)26/h1-11H,12H2,(H,21,24)/b20-11-. The molecule has 3 rings (SSSR count). The highest BCUT2D eigenvalue weighted by atomic mass is 16.6. The maximum atomic E-state index is 11.8. The fraction of sp³-hybridized carbons (Fsp3) is 0.0526. The van der Waals surface area contributed by atoms with E-state index in [9.17, 15) is 25.0 Å². The number of carbonyl (C=O) groups is 1. The van der Waals surface area contributed by atoms with Crippen molar-refractivity contribution >= 4 is 23.5 Å². The Hall–Kier alpha value is -4.54. The summed E-state index contributed by atoms with van der Waals surface area (Å²) in [5, 5.41) is 25.5. The fourth-order valence-electron chi connectivity index (χ4n) is 2.42. The number of nitrogens with zero attached hydrogens (tertiary/aromatic N) is 3. The van der Waals surface area contributed by atoms with Crippen LogP contribution >= 0.6 is 0 Å². The van der Waals surface area contributed by atoms with Gasteiger partial charge in [0, 0.05) is 23.8 Å². The number of para-hydroxylation sites is 2. The van der Waals surface area contributed by atoms with Gasteiger partial charge in [-0.3, -0.25) is 25.0 Å². The normalized spacial score (nSPS) is 10.7. The highest BCUT2D eigenvalue weighted by Gasteiger charge is 2.14. The van der Waals surface area contributed by atoms with Crippen LogP contribution in [0, 0.1) is 20.2 Å². The molecule has 1 N–H and O–H groups in total. The lowest BCUT2D eigenvalue weighted by Crippen LogP contribution is -2.24. The van der Waals surface area contributed by atoms with Crippen LogP contribution in [0.4, 0.5) is 11.4 Å². The lowest BCUT2D eigenvalue weighted by molar-refractivity contribution is -0.385. The number of hydrazone groups is 1. The number of non-ortho nitro benzene ring substituents is 1. The third-order valence-electron chi connectivity index (χ3n) is 3.77. The smallest absolute Gasteiger partial charge is 0.310 e. The molecule has 1 amide bonds. The fourth-order valence-corrected chi connectivity index (χ4v) is 2.42. The van der Waals surface area contributed by atoms with E-state index in [2.05, 4.69) is 10.5 Å². The lowest BCUT2D eigenvalue weighted by atomic mass is 10.1. The summed E-state index contributed by atoms with van der Waals surface area (Å²) in [6, 6.07) is 14.8. The van der Waals surface area contributed by atoms with Crippen molar-refractivity contribution < 1.29 is 23.8 Å². The third-order valence-corrected chi connectivity index (χ3v) is 3.77. The van der Waals surface area contributed by atoms with Gasteiger partial charge in [0.05, 0.1) is 16.1 Å². The summed E-state index contributed by atoms with van der Waals surface area (Å²) < 4.78 is 10.7. The second-order valence-electron chi connectivity index (χ2n) is 5.82. The maximum Gasteiger partial charge on any atom is 0.310 e. The molecule has 0 bridgehead atoms. The number of nitro groups is 2. The predicted molar refractivity (Wildman–Crippen MR) is 105 cm³/mol. The molecule has 30 heavy (non-hydrogen) atoms. The summed E-state index contributed by atoms with van der Waals surface area (Å²) in [7, 11) is 0. The molecule has 0 fully saturated rings. The molecule has 1 heterocycles. The molecule has 152 valence electrons. The van der Waals surface area contributed by atoms with Crippen LogP contribution in [0.2, 0.25) is 0 Å². The first-order valence-corrected chi connectivity index (χ1v) is 8.47. The molecule has 0 aliphatic carbocycles.